The number of benzene rings is 1. The predicted molar refractivity (Wildman–Crippen MR) is 66.2 cm³/mol. The van der Waals surface area contributed by atoms with Gasteiger partial charge < -0.3 is 0 Å². The summed E-state index contributed by atoms with van der Waals surface area (Å²) in [4.78, 5) is 0. The summed E-state index contributed by atoms with van der Waals surface area (Å²) in [5, 5.41) is 0. The molecule has 0 saturated heterocycles. The number of rotatable bonds is 0. The second-order valence-corrected chi connectivity index (χ2v) is 4.79. The van der Waals surface area contributed by atoms with Gasteiger partial charge in [-0.3, -0.25) is 0 Å². The Morgan fingerprint density at radius 1 is 0.600 bits per heavy atom. The zero-order valence-electron chi connectivity index (χ0n) is 9.67. The zero-order valence-corrected chi connectivity index (χ0v) is 9.67. The Balaban J connectivity index is 2.00. The van der Waals surface area contributed by atoms with Gasteiger partial charge in [0.05, 0.1) is 0 Å². The second-order valence-electron chi connectivity index (χ2n) is 4.79. The first-order valence-corrected chi connectivity index (χ1v) is 6.53. The quantitative estimate of drug-likeness (QED) is 0.580. The van der Waals surface area contributed by atoms with Gasteiger partial charge in [-0.1, -0.05) is 56.4 Å². The third-order valence-corrected chi connectivity index (χ3v) is 3.42. The van der Waals surface area contributed by atoms with Gasteiger partial charge in [0.1, 0.15) is 0 Å². The first-order chi connectivity index (χ1) is 7.45. The van der Waals surface area contributed by atoms with Crippen LogP contribution in [0, 0.1) is 0 Å². The highest BCUT2D eigenvalue weighted by Crippen LogP contribution is 2.16. The molecule has 0 amide bonds. The van der Waals surface area contributed by atoms with Crippen LogP contribution in [0.1, 0.15) is 56.1 Å². The molecule has 0 N–H and O–H groups in total. The molecule has 0 heteroatoms. The molecule has 2 bridgehead atoms. The van der Waals surface area contributed by atoms with E-state index in [0.29, 0.717) is 0 Å². The molecule has 0 aromatic heterocycles. The van der Waals surface area contributed by atoms with Gasteiger partial charge in [0, 0.05) is 0 Å². The fourth-order valence-corrected chi connectivity index (χ4v) is 2.48. The summed E-state index contributed by atoms with van der Waals surface area (Å²) in [6.45, 7) is 0. The fourth-order valence-electron chi connectivity index (χ4n) is 2.48. The molecule has 0 saturated carbocycles. The van der Waals surface area contributed by atoms with Crippen LogP contribution in [0.5, 0.6) is 0 Å². The average Bonchev–Trinajstić information content (AvgIpc) is 2.26. The van der Waals surface area contributed by atoms with Crippen molar-refractivity contribution in [3.8, 4) is 0 Å². The summed E-state index contributed by atoms with van der Waals surface area (Å²) in [5.41, 5.74) is 3.10. The van der Waals surface area contributed by atoms with Crippen LogP contribution in [0.15, 0.2) is 24.3 Å². The topological polar surface area (TPSA) is 0 Å². The van der Waals surface area contributed by atoms with Crippen molar-refractivity contribution in [1.29, 1.82) is 0 Å². The highest BCUT2D eigenvalue weighted by Gasteiger charge is 1.99. The van der Waals surface area contributed by atoms with Crippen LogP contribution in [0.3, 0.4) is 0 Å². The van der Waals surface area contributed by atoms with Gasteiger partial charge in [0.25, 0.3) is 0 Å². The molecule has 0 spiro atoms. The summed E-state index contributed by atoms with van der Waals surface area (Å²) in [6.07, 6.45) is 12.5. The van der Waals surface area contributed by atoms with Crippen LogP contribution in [0.4, 0.5) is 0 Å². The number of fused-ring (bicyclic) bond motifs is 2. The molecule has 0 fully saturated rings. The van der Waals surface area contributed by atoms with E-state index >= 15 is 0 Å². The molecule has 2 rings (SSSR count). The second kappa shape index (κ2) is 5.95. The Morgan fingerprint density at radius 3 is 1.60 bits per heavy atom. The standard InChI is InChI=1S/C15H22/c1-2-4-6-9-14-11-8-12-15(13-14)10-7-5-3-1/h8,11-13H,1-7,9-10H2. The first-order valence-electron chi connectivity index (χ1n) is 6.53. The lowest BCUT2D eigenvalue weighted by molar-refractivity contribution is 0.575. The van der Waals surface area contributed by atoms with E-state index in [1.807, 2.05) is 0 Å². The molecule has 1 aromatic carbocycles. The zero-order chi connectivity index (χ0) is 10.3. The largest absolute Gasteiger partial charge is 0.0617 e. The molecule has 0 atom stereocenters. The summed E-state index contributed by atoms with van der Waals surface area (Å²) in [6, 6.07) is 9.22. The molecule has 0 heterocycles. The molecule has 82 valence electrons. The van der Waals surface area contributed by atoms with Crippen LogP contribution >= 0.6 is 0 Å². The van der Waals surface area contributed by atoms with Crippen molar-refractivity contribution in [2.45, 2.75) is 57.8 Å². The lowest BCUT2D eigenvalue weighted by Crippen LogP contribution is -1.92. The van der Waals surface area contributed by atoms with E-state index in [1.54, 1.807) is 11.1 Å². The van der Waals surface area contributed by atoms with Gasteiger partial charge >= 0.3 is 0 Å². The maximum absolute atomic E-state index is 2.42. The molecule has 0 nitrogen and oxygen atoms in total. The maximum Gasteiger partial charge on any atom is -0.0279 e. The predicted octanol–water partition coefficient (Wildman–Crippen LogP) is 4.52. The van der Waals surface area contributed by atoms with Crippen molar-refractivity contribution in [2.75, 3.05) is 0 Å². The molecule has 1 aromatic rings. The normalized spacial score (nSPS) is 18.9. The molecule has 15 heavy (non-hydrogen) atoms. The van der Waals surface area contributed by atoms with E-state index in [4.69, 9.17) is 0 Å². The number of aryl methyl sites for hydroxylation is 2. The van der Waals surface area contributed by atoms with E-state index < -0.39 is 0 Å². The smallest absolute Gasteiger partial charge is 0.0279 e. The Kier molecular flexibility index (Phi) is 4.25. The molecule has 0 aliphatic heterocycles. The molecule has 0 radical (unpaired) electrons. The molecule has 1 aliphatic carbocycles. The molecule has 1 aliphatic rings. The minimum absolute atomic E-state index is 1.29. The summed E-state index contributed by atoms with van der Waals surface area (Å²) < 4.78 is 0. The van der Waals surface area contributed by atoms with Gasteiger partial charge in [0.15, 0.2) is 0 Å². The molecule has 0 unspecified atom stereocenters. The highest BCUT2D eigenvalue weighted by atomic mass is 14.1. The van der Waals surface area contributed by atoms with E-state index in [-0.39, 0.29) is 0 Å². The average molecular weight is 202 g/mol. The lowest BCUT2D eigenvalue weighted by atomic mass is 9.98. The summed E-state index contributed by atoms with van der Waals surface area (Å²) >= 11 is 0. The minimum Gasteiger partial charge on any atom is -0.0617 e. The third-order valence-electron chi connectivity index (χ3n) is 3.42. The number of hydrogen-bond donors (Lipinski definition) is 0. The van der Waals surface area contributed by atoms with Crippen LogP contribution in [-0.4, -0.2) is 0 Å². The van der Waals surface area contributed by atoms with Crippen molar-refractivity contribution in [3.63, 3.8) is 0 Å². The Morgan fingerprint density at radius 2 is 1.07 bits per heavy atom. The van der Waals surface area contributed by atoms with Crippen molar-refractivity contribution in [2.24, 2.45) is 0 Å². The van der Waals surface area contributed by atoms with E-state index in [0.717, 1.165) is 0 Å². The Bertz CT molecular complexity index is 263. The highest BCUT2D eigenvalue weighted by molar-refractivity contribution is 5.23. The maximum atomic E-state index is 2.42. The fraction of sp³-hybridized carbons (Fsp3) is 0.600. The van der Waals surface area contributed by atoms with Gasteiger partial charge in [-0.05, 0) is 36.8 Å². The monoisotopic (exact) mass is 202 g/mol. The van der Waals surface area contributed by atoms with Gasteiger partial charge in [-0.25, -0.2) is 0 Å². The molecular formula is C15H22. The Labute approximate surface area is 93.7 Å². The van der Waals surface area contributed by atoms with Crippen molar-refractivity contribution in [1.82, 2.24) is 0 Å². The molecular weight excluding hydrogens is 180 g/mol. The third kappa shape index (κ3) is 3.70. The van der Waals surface area contributed by atoms with Crippen molar-refractivity contribution < 1.29 is 0 Å². The van der Waals surface area contributed by atoms with E-state index in [1.165, 1.54) is 57.8 Å². The first kappa shape index (κ1) is 10.7. The van der Waals surface area contributed by atoms with Crippen LogP contribution in [-0.2, 0) is 12.8 Å². The minimum atomic E-state index is 1.29. The summed E-state index contributed by atoms with van der Waals surface area (Å²) in [7, 11) is 0. The van der Waals surface area contributed by atoms with E-state index in [2.05, 4.69) is 24.3 Å². The van der Waals surface area contributed by atoms with E-state index in [9.17, 15) is 0 Å². The van der Waals surface area contributed by atoms with Crippen molar-refractivity contribution in [3.05, 3.63) is 35.4 Å². The Hall–Kier alpha value is -0.780. The summed E-state index contributed by atoms with van der Waals surface area (Å²) in [5.74, 6) is 0. The van der Waals surface area contributed by atoms with Crippen molar-refractivity contribution >= 4 is 0 Å². The van der Waals surface area contributed by atoms with Gasteiger partial charge in [-0.2, -0.15) is 0 Å². The lowest BCUT2D eigenvalue weighted by Gasteiger charge is -2.08. The van der Waals surface area contributed by atoms with Crippen LogP contribution < -0.4 is 0 Å². The number of hydrogen-bond acceptors (Lipinski definition) is 0. The van der Waals surface area contributed by atoms with Crippen LogP contribution in [0.25, 0.3) is 0 Å². The van der Waals surface area contributed by atoms with Crippen LogP contribution in [0.2, 0.25) is 0 Å². The van der Waals surface area contributed by atoms with Gasteiger partial charge in [-0.15, -0.1) is 0 Å². The SMILES string of the molecule is c1cc2cc(c1)CCCCCCCCC2. The van der Waals surface area contributed by atoms with Gasteiger partial charge in [0.2, 0.25) is 0 Å².